The Kier molecular flexibility index (Phi) is 5.59. The van der Waals surface area contributed by atoms with E-state index in [1.165, 1.54) is 13.0 Å². The van der Waals surface area contributed by atoms with Gasteiger partial charge in [-0.15, -0.1) is 0 Å². The summed E-state index contributed by atoms with van der Waals surface area (Å²) in [4.78, 5) is 33.0. The first-order valence-electron chi connectivity index (χ1n) is 9.12. The van der Waals surface area contributed by atoms with Crippen LogP contribution < -0.4 is 5.32 Å². The standard InChI is InChI=1S/C22H24N4O2/c1-14-11-17(13-23-22(14)24-16(3)27)9-10-21(28)26(4)15(2)20-12-18-7-5-6-8-19(18)25-20/h5-13,15,25H,1-4H3,(H,23,24,27). The SMILES string of the molecule is CC(=O)Nc1ncc(C=CC(=O)N(C)C(C)c2cc3ccccc3[nH]2)cc1C. The van der Waals surface area contributed by atoms with Gasteiger partial charge in [-0.3, -0.25) is 9.59 Å². The van der Waals surface area contributed by atoms with Crippen LogP contribution in [0.15, 0.2) is 48.7 Å². The van der Waals surface area contributed by atoms with Crippen LogP contribution in [0.2, 0.25) is 0 Å². The number of H-pyrrole nitrogens is 1. The first kappa shape index (κ1) is 19.4. The Morgan fingerprint density at radius 1 is 1.25 bits per heavy atom. The number of rotatable bonds is 5. The maximum Gasteiger partial charge on any atom is 0.246 e. The Morgan fingerprint density at radius 2 is 2.00 bits per heavy atom. The number of amides is 2. The lowest BCUT2D eigenvalue weighted by atomic mass is 10.1. The molecule has 0 saturated carbocycles. The molecular formula is C22H24N4O2. The summed E-state index contributed by atoms with van der Waals surface area (Å²) in [5, 5.41) is 3.80. The van der Waals surface area contributed by atoms with Crippen LogP contribution in [0.3, 0.4) is 0 Å². The lowest BCUT2D eigenvalue weighted by molar-refractivity contribution is -0.126. The number of carbonyl (C=O) groups excluding carboxylic acids is 2. The van der Waals surface area contributed by atoms with Crippen molar-refractivity contribution >= 4 is 34.6 Å². The summed E-state index contributed by atoms with van der Waals surface area (Å²) in [6, 6.07) is 11.9. The molecule has 3 aromatic rings. The van der Waals surface area contributed by atoms with E-state index < -0.39 is 0 Å². The number of nitrogens with one attached hydrogen (secondary N) is 2. The van der Waals surface area contributed by atoms with Gasteiger partial charge in [0.25, 0.3) is 0 Å². The van der Waals surface area contributed by atoms with Gasteiger partial charge in [0.1, 0.15) is 5.82 Å². The molecule has 0 radical (unpaired) electrons. The topological polar surface area (TPSA) is 78.1 Å². The molecule has 2 N–H and O–H groups in total. The van der Waals surface area contributed by atoms with Crippen molar-refractivity contribution in [3.63, 3.8) is 0 Å². The monoisotopic (exact) mass is 376 g/mol. The number of aryl methyl sites for hydroxylation is 1. The van der Waals surface area contributed by atoms with Crippen molar-refractivity contribution < 1.29 is 9.59 Å². The van der Waals surface area contributed by atoms with E-state index in [0.29, 0.717) is 5.82 Å². The number of carbonyl (C=O) groups is 2. The van der Waals surface area contributed by atoms with Gasteiger partial charge in [-0.1, -0.05) is 18.2 Å². The van der Waals surface area contributed by atoms with Crippen LogP contribution in [0, 0.1) is 6.92 Å². The molecule has 0 saturated heterocycles. The van der Waals surface area contributed by atoms with Crippen LogP contribution in [-0.4, -0.2) is 33.7 Å². The number of fused-ring (bicyclic) bond motifs is 1. The summed E-state index contributed by atoms with van der Waals surface area (Å²) < 4.78 is 0. The van der Waals surface area contributed by atoms with Gasteiger partial charge in [0.15, 0.2) is 0 Å². The molecule has 6 heteroatoms. The van der Waals surface area contributed by atoms with Gasteiger partial charge >= 0.3 is 0 Å². The third-order valence-corrected chi connectivity index (χ3v) is 4.74. The molecule has 1 aromatic carbocycles. The molecule has 1 atom stereocenters. The second kappa shape index (κ2) is 8.08. The highest BCUT2D eigenvalue weighted by molar-refractivity contribution is 5.92. The van der Waals surface area contributed by atoms with E-state index in [1.54, 1.807) is 24.2 Å². The average Bonchev–Trinajstić information content (AvgIpc) is 3.10. The third kappa shape index (κ3) is 4.28. The number of benzene rings is 1. The number of aromatic amines is 1. The number of nitrogens with zero attached hydrogens (tertiary/aromatic N) is 2. The zero-order chi connectivity index (χ0) is 20.3. The fourth-order valence-corrected chi connectivity index (χ4v) is 2.99. The zero-order valence-electron chi connectivity index (χ0n) is 16.5. The molecule has 3 rings (SSSR count). The molecule has 0 aliphatic carbocycles. The number of likely N-dealkylation sites (N-methyl/N-ethyl adjacent to an activating group) is 1. The second-order valence-electron chi connectivity index (χ2n) is 6.89. The maximum atomic E-state index is 12.6. The van der Waals surface area contributed by atoms with Gasteiger partial charge in [0.2, 0.25) is 11.8 Å². The van der Waals surface area contributed by atoms with Gasteiger partial charge in [0.05, 0.1) is 6.04 Å². The molecule has 0 aliphatic heterocycles. The van der Waals surface area contributed by atoms with E-state index >= 15 is 0 Å². The Morgan fingerprint density at radius 3 is 2.68 bits per heavy atom. The molecule has 2 heterocycles. The number of hydrogen-bond acceptors (Lipinski definition) is 3. The average molecular weight is 376 g/mol. The number of aromatic nitrogens is 2. The quantitative estimate of drug-likeness (QED) is 0.659. The van der Waals surface area contributed by atoms with Gasteiger partial charge in [-0.25, -0.2) is 4.98 Å². The van der Waals surface area contributed by atoms with Crippen molar-refractivity contribution in [2.24, 2.45) is 0 Å². The summed E-state index contributed by atoms with van der Waals surface area (Å²) >= 11 is 0. The minimum Gasteiger partial charge on any atom is -0.357 e. The van der Waals surface area contributed by atoms with Crippen molar-refractivity contribution in [2.75, 3.05) is 12.4 Å². The molecule has 28 heavy (non-hydrogen) atoms. The predicted molar refractivity (Wildman–Crippen MR) is 112 cm³/mol. The van der Waals surface area contributed by atoms with E-state index in [1.807, 2.05) is 44.2 Å². The van der Waals surface area contributed by atoms with E-state index in [4.69, 9.17) is 0 Å². The Labute approximate surface area is 164 Å². The molecule has 0 aliphatic rings. The van der Waals surface area contributed by atoms with Crippen LogP contribution in [0.25, 0.3) is 17.0 Å². The van der Waals surface area contributed by atoms with Crippen LogP contribution >= 0.6 is 0 Å². The predicted octanol–water partition coefficient (Wildman–Crippen LogP) is 4.06. The van der Waals surface area contributed by atoms with Crippen molar-refractivity contribution in [3.8, 4) is 0 Å². The summed E-state index contributed by atoms with van der Waals surface area (Å²) in [5.74, 6) is 0.261. The molecular weight excluding hydrogens is 352 g/mol. The summed E-state index contributed by atoms with van der Waals surface area (Å²) in [6.45, 7) is 5.30. The van der Waals surface area contributed by atoms with E-state index in [0.717, 1.165) is 27.7 Å². The number of hydrogen-bond donors (Lipinski definition) is 2. The number of anilines is 1. The second-order valence-corrected chi connectivity index (χ2v) is 6.89. The molecule has 0 bridgehead atoms. The molecule has 6 nitrogen and oxygen atoms in total. The maximum absolute atomic E-state index is 12.6. The zero-order valence-corrected chi connectivity index (χ0v) is 16.5. The van der Waals surface area contributed by atoms with Crippen molar-refractivity contribution in [1.82, 2.24) is 14.9 Å². The van der Waals surface area contributed by atoms with Crippen LogP contribution in [0.4, 0.5) is 5.82 Å². The highest BCUT2D eigenvalue weighted by Gasteiger charge is 2.17. The molecule has 144 valence electrons. The van der Waals surface area contributed by atoms with Crippen LogP contribution in [0.1, 0.15) is 36.7 Å². The summed E-state index contributed by atoms with van der Waals surface area (Å²) in [7, 11) is 1.78. The molecule has 2 aromatic heterocycles. The van der Waals surface area contributed by atoms with E-state index in [2.05, 4.69) is 21.4 Å². The third-order valence-electron chi connectivity index (χ3n) is 4.74. The smallest absolute Gasteiger partial charge is 0.246 e. The van der Waals surface area contributed by atoms with Crippen LogP contribution in [-0.2, 0) is 9.59 Å². The first-order chi connectivity index (χ1) is 13.3. The highest BCUT2D eigenvalue weighted by atomic mass is 16.2. The lowest BCUT2D eigenvalue weighted by Gasteiger charge is -2.22. The van der Waals surface area contributed by atoms with Gasteiger partial charge in [-0.2, -0.15) is 0 Å². The number of pyridine rings is 1. The first-order valence-corrected chi connectivity index (χ1v) is 9.12. The van der Waals surface area contributed by atoms with Crippen molar-refractivity contribution in [3.05, 3.63) is 65.5 Å². The Hall–Kier alpha value is -3.41. The number of para-hydroxylation sites is 1. The van der Waals surface area contributed by atoms with Crippen molar-refractivity contribution in [1.29, 1.82) is 0 Å². The molecule has 2 amide bonds. The van der Waals surface area contributed by atoms with Crippen molar-refractivity contribution in [2.45, 2.75) is 26.8 Å². The minimum atomic E-state index is -0.165. The van der Waals surface area contributed by atoms with Gasteiger partial charge in [0, 0.05) is 37.5 Å². The summed E-state index contributed by atoms with van der Waals surface area (Å²) in [5.41, 5.74) is 3.68. The minimum absolute atomic E-state index is 0.0912. The normalized spacial score (nSPS) is 12.3. The molecule has 0 fully saturated rings. The Bertz CT molecular complexity index is 1020. The summed E-state index contributed by atoms with van der Waals surface area (Å²) in [6.07, 6.45) is 4.89. The molecule has 0 spiro atoms. The van der Waals surface area contributed by atoms with Crippen LogP contribution in [0.5, 0.6) is 0 Å². The molecule has 1 unspecified atom stereocenters. The van der Waals surface area contributed by atoms with E-state index in [9.17, 15) is 9.59 Å². The lowest BCUT2D eigenvalue weighted by Crippen LogP contribution is -2.28. The highest BCUT2D eigenvalue weighted by Crippen LogP contribution is 2.23. The van der Waals surface area contributed by atoms with Gasteiger partial charge < -0.3 is 15.2 Å². The fourth-order valence-electron chi connectivity index (χ4n) is 2.99. The largest absolute Gasteiger partial charge is 0.357 e. The Balaban J connectivity index is 1.70. The fraction of sp³-hybridized carbons (Fsp3) is 0.227. The van der Waals surface area contributed by atoms with Gasteiger partial charge in [-0.05, 0) is 54.6 Å². The van der Waals surface area contributed by atoms with E-state index in [-0.39, 0.29) is 17.9 Å².